The van der Waals surface area contributed by atoms with Crippen LogP contribution in [-0.2, 0) is 4.79 Å². The highest BCUT2D eigenvalue weighted by atomic mass is 16.2. The molecule has 0 aromatic rings. The molecule has 0 saturated carbocycles. The molecule has 5 nitrogen and oxygen atoms in total. The van der Waals surface area contributed by atoms with Crippen LogP contribution in [0.25, 0.3) is 0 Å². The summed E-state index contributed by atoms with van der Waals surface area (Å²) < 4.78 is 0. The van der Waals surface area contributed by atoms with Gasteiger partial charge in [0.05, 0.1) is 6.67 Å². The van der Waals surface area contributed by atoms with Crippen molar-refractivity contribution in [2.24, 2.45) is 0 Å². The Bertz CT molecular complexity index is 250. The number of amides is 3. The molecule has 0 bridgehead atoms. The van der Waals surface area contributed by atoms with Gasteiger partial charge in [0.15, 0.2) is 0 Å². The summed E-state index contributed by atoms with van der Waals surface area (Å²) in [7, 11) is 0. The first-order valence-electron chi connectivity index (χ1n) is 4.07. The number of hydrogen-bond donors (Lipinski definition) is 2. The molecular weight excluding hydrogens is 170 g/mol. The van der Waals surface area contributed by atoms with Crippen LogP contribution in [0.3, 0.4) is 0 Å². The predicted octanol–water partition coefficient (Wildman–Crippen LogP) is -0.339. The molecule has 1 aliphatic rings. The highest BCUT2D eigenvalue weighted by Crippen LogP contribution is 1.94. The third-order valence-electron chi connectivity index (χ3n) is 1.76. The first-order valence-corrected chi connectivity index (χ1v) is 4.07. The summed E-state index contributed by atoms with van der Waals surface area (Å²) in [6, 6.07) is -0.137. The fourth-order valence-corrected chi connectivity index (χ4v) is 0.980. The summed E-state index contributed by atoms with van der Waals surface area (Å²) >= 11 is 0. The third kappa shape index (κ3) is 2.47. The average molecular weight is 183 g/mol. The molecule has 72 valence electrons. The van der Waals surface area contributed by atoms with Crippen molar-refractivity contribution in [3.63, 3.8) is 0 Å². The van der Waals surface area contributed by atoms with Gasteiger partial charge < -0.3 is 15.5 Å². The van der Waals surface area contributed by atoms with Gasteiger partial charge in [0, 0.05) is 18.7 Å². The van der Waals surface area contributed by atoms with Crippen molar-refractivity contribution < 1.29 is 9.59 Å². The van der Waals surface area contributed by atoms with Crippen LogP contribution < -0.4 is 10.6 Å². The molecular formula is C8H13N3O2. The Labute approximate surface area is 76.8 Å². The van der Waals surface area contributed by atoms with E-state index in [-0.39, 0.29) is 18.6 Å². The molecule has 1 heterocycles. The normalized spacial score (nSPS) is 15.5. The van der Waals surface area contributed by atoms with Gasteiger partial charge in [-0.3, -0.25) is 4.79 Å². The van der Waals surface area contributed by atoms with Crippen molar-refractivity contribution >= 4 is 11.9 Å². The summed E-state index contributed by atoms with van der Waals surface area (Å²) in [5.41, 5.74) is 0.444. The minimum atomic E-state index is -0.222. The van der Waals surface area contributed by atoms with Gasteiger partial charge in [-0.05, 0) is 6.92 Å². The largest absolute Gasteiger partial charge is 0.336 e. The molecule has 0 aromatic carbocycles. The molecule has 1 aliphatic heterocycles. The number of rotatable bonds is 3. The van der Waals surface area contributed by atoms with E-state index in [9.17, 15) is 9.59 Å². The summed E-state index contributed by atoms with van der Waals surface area (Å²) in [4.78, 5) is 23.6. The Morgan fingerprint density at radius 1 is 1.77 bits per heavy atom. The van der Waals surface area contributed by atoms with Crippen LogP contribution >= 0.6 is 0 Å². The van der Waals surface area contributed by atoms with Crippen LogP contribution in [-0.4, -0.2) is 36.6 Å². The number of urea groups is 1. The maximum Gasteiger partial charge on any atom is 0.318 e. The first kappa shape index (κ1) is 9.57. The Hall–Kier alpha value is -1.52. The Kier molecular flexibility index (Phi) is 2.89. The second-order valence-electron chi connectivity index (χ2n) is 2.94. The Morgan fingerprint density at radius 3 is 2.92 bits per heavy atom. The van der Waals surface area contributed by atoms with Crippen LogP contribution in [0, 0.1) is 0 Å². The fourth-order valence-electron chi connectivity index (χ4n) is 0.980. The van der Waals surface area contributed by atoms with Crippen molar-refractivity contribution in [3.8, 4) is 0 Å². The lowest BCUT2D eigenvalue weighted by Crippen LogP contribution is -2.39. The molecule has 1 saturated heterocycles. The Morgan fingerprint density at radius 2 is 2.46 bits per heavy atom. The SMILES string of the molecule is C=C(C)C(=O)NCN1CCNC1=O. The maximum atomic E-state index is 11.0. The zero-order valence-electron chi connectivity index (χ0n) is 7.59. The summed E-state index contributed by atoms with van der Waals surface area (Å²) in [5.74, 6) is -0.222. The van der Waals surface area contributed by atoms with Crippen LogP contribution in [0.1, 0.15) is 6.92 Å². The number of carbonyl (C=O) groups is 2. The fraction of sp³-hybridized carbons (Fsp3) is 0.500. The van der Waals surface area contributed by atoms with E-state index < -0.39 is 0 Å². The van der Waals surface area contributed by atoms with Crippen LogP contribution in [0.4, 0.5) is 4.79 Å². The van der Waals surface area contributed by atoms with Gasteiger partial charge in [-0.25, -0.2) is 4.79 Å². The van der Waals surface area contributed by atoms with Gasteiger partial charge >= 0.3 is 6.03 Å². The van der Waals surface area contributed by atoms with Crippen molar-refractivity contribution in [2.75, 3.05) is 19.8 Å². The van der Waals surface area contributed by atoms with Crippen molar-refractivity contribution in [1.82, 2.24) is 15.5 Å². The van der Waals surface area contributed by atoms with Gasteiger partial charge in [0.2, 0.25) is 5.91 Å². The van der Waals surface area contributed by atoms with E-state index in [0.717, 1.165) is 0 Å². The van der Waals surface area contributed by atoms with Crippen LogP contribution in [0.15, 0.2) is 12.2 Å². The summed E-state index contributed by atoms with van der Waals surface area (Å²) in [5, 5.41) is 5.22. The minimum absolute atomic E-state index is 0.137. The minimum Gasteiger partial charge on any atom is -0.336 e. The van der Waals surface area contributed by atoms with E-state index in [1.165, 1.54) is 4.90 Å². The first-order chi connectivity index (χ1) is 6.11. The molecule has 1 rings (SSSR count). The number of carbonyl (C=O) groups excluding carboxylic acids is 2. The van der Waals surface area contributed by atoms with Gasteiger partial charge in [-0.1, -0.05) is 6.58 Å². The standard InChI is InChI=1S/C8H13N3O2/c1-6(2)7(12)10-5-11-4-3-9-8(11)13/h1,3-5H2,2H3,(H,9,13)(H,10,12). The average Bonchev–Trinajstić information content (AvgIpc) is 2.47. The van der Waals surface area contributed by atoms with E-state index in [2.05, 4.69) is 17.2 Å². The molecule has 3 amide bonds. The summed E-state index contributed by atoms with van der Waals surface area (Å²) in [6.45, 7) is 6.64. The lowest BCUT2D eigenvalue weighted by Gasteiger charge is -2.14. The molecule has 2 N–H and O–H groups in total. The van der Waals surface area contributed by atoms with E-state index in [4.69, 9.17) is 0 Å². The van der Waals surface area contributed by atoms with E-state index in [0.29, 0.717) is 18.7 Å². The topological polar surface area (TPSA) is 61.4 Å². The molecule has 0 aromatic heterocycles. The number of nitrogens with one attached hydrogen (secondary N) is 2. The van der Waals surface area contributed by atoms with Gasteiger partial charge in [-0.15, -0.1) is 0 Å². The zero-order chi connectivity index (χ0) is 9.84. The maximum absolute atomic E-state index is 11.0. The van der Waals surface area contributed by atoms with E-state index in [1.807, 2.05) is 0 Å². The highest BCUT2D eigenvalue weighted by Gasteiger charge is 2.19. The Balaban J connectivity index is 2.30. The third-order valence-corrected chi connectivity index (χ3v) is 1.76. The van der Waals surface area contributed by atoms with Gasteiger partial charge in [0.1, 0.15) is 0 Å². The molecule has 5 heteroatoms. The molecule has 13 heavy (non-hydrogen) atoms. The zero-order valence-corrected chi connectivity index (χ0v) is 7.59. The monoisotopic (exact) mass is 183 g/mol. The molecule has 0 spiro atoms. The lowest BCUT2D eigenvalue weighted by atomic mass is 10.3. The quantitative estimate of drug-likeness (QED) is 0.588. The van der Waals surface area contributed by atoms with Crippen molar-refractivity contribution in [1.29, 1.82) is 0 Å². The van der Waals surface area contributed by atoms with E-state index in [1.54, 1.807) is 6.92 Å². The van der Waals surface area contributed by atoms with Gasteiger partial charge in [-0.2, -0.15) is 0 Å². The molecule has 0 atom stereocenters. The molecule has 0 aliphatic carbocycles. The highest BCUT2D eigenvalue weighted by molar-refractivity contribution is 5.92. The van der Waals surface area contributed by atoms with Crippen molar-refractivity contribution in [2.45, 2.75) is 6.92 Å². The lowest BCUT2D eigenvalue weighted by molar-refractivity contribution is -0.117. The number of hydrogen-bond acceptors (Lipinski definition) is 2. The van der Waals surface area contributed by atoms with Crippen LogP contribution in [0.2, 0.25) is 0 Å². The molecule has 1 fully saturated rings. The second kappa shape index (κ2) is 3.93. The summed E-state index contributed by atoms with van der Waals surface area (Å²) in [6.07, 6.45) is 0. The van der Waals surface area contributed by atoms with Crippen molar-refractivity contribution in [3.05, 3.63) is 12.2 Å². The smallest absolute Gasteiger partial charge is 0.318 e. The van der Waals surface area contributed by atoms with Gasteiger partial charge in [0.25, 0.3) is 0 Å². The van der Waals surface area contributed by atoms with E-state index >= 15 is 0 Å². The molecule has 0 radical (unpaired) electrons. The second-order valence-corrected chi connectivity index (χ2v) is 2.94. The molecule has 0 unspecified atom stereocenters. The number of nitrogens with zero attached hydrogens (tertiary/aromatic N) is 1. The van der Waals surface area contributed by atoms with Crippen LogP contribution in [0.5, 0.6) is 0 Å². The predicted molar refractivity (Wildman–Crippen MR) is 47.9 cm³/mol.